The van der Waals surface area contributed by atoms with Crippen LogP contribution in [0.25, 0.3) is 0 Å². The summed E-state index contributed by atoms with van der Waals surface area (Å²) in [6.07, 6.45) is 1.13. The number of carbonyl (C=O) groups excluding carboxylic acids is 1. The summed E-state index contributed by atoms with van der Waals surface area (Å²) in [7, 11) is -3.65. The molecule has 96 valence electrons. The first-order valence-corrected chi connectivity index (χ1v) is 6.80. The summed E-state index contributed by atoms with van der Waals surface area (Å²) in [4.78, 5) is 13.0. The topological polar surface area (TPSA) is 76.0 Å². The van der Waals surface area contributed by atoms with Crippen LogP contribution < -0.4 is 4.90 Å². The summed E-state index contributed by atoms with van der Waals surface area (Å²) in [5.41, 5.74) is 0.431. The van der Waals surface area contributed by atoms with Crippen LogP contribution in [0.3, 0.4) is 0 Å². The fourth-order valence-corrected chi connectivity index (χ4v) is 2.67. The predicted molar refractivity (Wildman–Crippen MR) is 66.1 cm³/mol. The maximum atomic E-state index is 11.7. The normalized spacial score (nSPS) is 16.2. The van der Waals surface area contributed by atoms with Crippen molar-refractivity contribution < 1.29 is 17.9 Å². The summed E-state index contributed by atoms with van der Waals surface area (Å²) in [6, 6.07) is 6.39. The Bertz CT molecular complexity index is 595. The van der Waals surface area contributed by atoms with Crippen molar-refractivity contribution >= 4 is 28.0 Å². The minimum Gasteiger partial charge on any atom is -0.465 e. The highest BCUT2D eigenvalue weighted by atomic mass is 32.2. The largest absolute Gasteiger partial charge is 0.465 e. The number of carbonyl (C=O) groups is 1. The average molecular weight is 268 g/mol. The Morgan fingerprint density at radius 1 is 1.39 bits per heavy atom. The molecule has 0 spiro atoms. The average Bonchev–Trinajstić information content (AvgIpc) is 2.34. The Balaban J connectivity index is 2.33. The molecular formula is C11H12N2O4S. The summed E-state index contributed by atoms with van der Waals surface area (Å²) in [5, 5.41) is 0. The Hall–Kier alpha value is -1.89. The van der Waals surface area contributed by atoms with Crippen molar-refractivity contribution in [2.45, 2.75) is 11.8 Å². The zero-order valence-corrected chi connectivity index (χ0v) is 10.6. The number of para-hydroxylation sites is 1. The number of fused-ring (bicyclic) bond motifs is 1. The van der Waals surface area contributed by atoms with Gasteiger partial charge in [0.15, 0.2) is 0 Å². The van der Waals surface area contributed by atoms with Crippen LogP contribution in [-0.4, -0.2) is 33.9 Å². The molecule has 0 N–H and O–H groups in total. The van der Waals surface area contributed by atoms with Gasteiger partial charge in [-0.2, -0.15) is 8.42 Å². The smallest absolute Gasteiger partial charge is 0.325 e. The summed E-state index contributed by atoms with van der Waals surface area (Å²) >= 11 is 0. The molecule has 0 radical (unpaired) electrons. The predicted octanol–water partition coefficient (Wildman–Crippen LogP) is 0.787. The molecule has 0 bridgehead atoms. The van der Waals surface area contributed by atoms with E-state index in [0.29, 0.717) is 5.69 Å². The van der Waals surface area contributed by atoms with Gasteiger partial charge in [0, 0.05) is 0 Å². The first-order valence-electron chi connectivity index (χ1n) is 5.36. The van der Waals surface area contributed by atoms with E-state index < -0.39 is 16.0 Å². The van der Waals surface area contributed by atoms with Crippen molar-refractivity contribution in [1.82, 2.24) is 0 Å². The molecule has 2 rings (SSSR count). The van der Waals surface area contributed by atoms with E-state index in [4.69, 9.17) is 4.74 Å². The molecule has 0 atom stereocenters. The van der Waals surface area contributed by atoms with Crippen LogP contribution in [-0.2, 0) is 19.6 Å². The Kier molecular flexibility index (Phi) is 3.33. The number of hydrogen-bond acceptors (Lipinski definition) is 5. The van der Waals surface area contributed by atoms with Crippen LogP contribution in [0.5, 0.6) is 0 Å². The van der Waals surface area contributed by atoms with Crippen LogP contribution in [0.15, 0.2) is 33.6 Å². The first kappa shape index (κ1) is 12.6. The zero-order chi connectivity index (χ0) is 13.2. The van der Waals surface area contributed by atoms with Crippen molar-refractivity contribution in [2.75, 3.05) is 18.1 Å². The van der Waals surface area contributed by atoms with E-state index in [1.807, 2.05) is 0 Å². The zero-order valence-electron chi connectivity index (χ0n) is 9.74. The third kappa shape index (κ3) is 2.35. The number of sulfonamides is 1. The molecule has 1 aromatic carbocycles. The van der Waals surface area contributed by atoms with Crippen LogP contribution in [0.1, 0.15) is 6.92 Å². The molecule has 0 saturated heterocycles. The van der Waals surface area contributed by atoms with E-state index >= 15 is 0 Å². The lowest BCUT2D eigenvalue weighted by Crippen LogP contribution is -2.33. The van der Waals surface area contributed by atoms with Crippen molar-refractivity contribution in [3.63, 3.8) is 0 Å². The van der Waals surface area contributed by atoms with Gasteiger partial charge in [-0.3, -0.25) is 4.79 Å². The molecule has 0 unspecified atom stereocenters. The third-order valence-corrected chi connectivity index (χ3v) is 3.66. The third-order valence-electron chi connectivity index (χ3n) is 2.38. The molecule has 6 nitrogen and oxygen atoms in total. The lowest BCUT2D eigenvalue weighted by molar-refractivity contribution is -0.141. The minimum atomic E-state index is -3.65. The lowest BCUT2D eigenvalue weighted by Gasteiger charge is -2.23. The number of hydrogen-bond donors (Lipinski definition) is 0. The Morgan fingerprint density at radius 2 is 2.11 bits per heavy atom. The quantitative estimate of drug-likeness (QED) is 0.757. The van der Waals surface area contributed by atoms with Crippen molar-refractivity contribution in [3.8, 4) is 0 Å². The van der Waals surface area contributed by atoms with E-state index in [2.05, 4.69) is 4.40 Å². The van der Waals surface area contributed by atoms with Gasteiger partial charge in [0.25, 0.3) is 10.0 Å². The van der Waals surface area contributed by atoms with E-state index in [9.17, 15) is 13.2 Å². The van der Waals surface area contributed by atoms with Gasteiger partial charge in [0.1, 0.15) is 17.8 Å². The Labute approximate surface area is 105 Å². The second kappa shape index (κ2) is 4.77. The number of benzene rings is 1. The highest BCUT2D eigenvalue weighted by Crippen LogP contribution is 2.28. The van der Waals surface area contributed by atoms with Gasteiger partial charge in [-0.05, 0) is 19.1 Å². The van der Waals surface area contributed by atoms with Crippen LogP contribution in [0.2, 0.25) is 0 Å². The van der Waals surface area contributed by atoms with Gasteiger partial charge >= 0.3 is 5.97 Å². The molecule has 0 amide bonds. The summed E-state index contributed by atoms with van der Waals surface area (Å²) < 4.78 is 31.7. The van der Waals surface area contributed by atoms with Gasteiger partial charge in [-0.15, -0.1) is 4.40 Å². The van der Waals surface area contributed by atoms with Crippen LogP contribution in [0.4, 0.5) is 5.69 Å². The molecule has 7 heteroatoms. The van der Waals surface area contributed by atoms with Crippen molar-refractivity contribution in [3.05, 3.63) is 24.3 Å². The fraction of sp³-hybridized carbons (Fsp3) is 0.273. The number of anilines is 1. The van der Waals surface area contributed by atoms with Gasteiger partial charge < -0.3 is 9.64 Å². The van der Waals surface area contributed by atoms with Crippen molar-refractivity contribution in [2.24, 2.45) is 4.40 Å². The van der Waals surface area contributed by atoms with E-state index in [0.717, 1.165) is 6.34 Å². The standard InChI is InChI=1S/C11H12N2O4S/c1-2-17-11(14)7-13-8-12-18(15,16)10-6-4-3-5-9(10)13/h3-6,8H,2,7H2,1H3. The molecule has 1 aliphatic rings. The molecule has 0 fully saturated rings. The molecule has 1 aliphatic heterocycles. The molecule has 1 aromatic rings. The fourth-order valence-electron chi connectivity index (χ4n) is 1.62. The SMILES string of the molecule is CCOC(=O)CN1C=NS(=O)(=O)c2ccccc21. The molecular weight excluding hydrogens is 256 g/mol. The monoisotopic (exact) mass is 268 g/mol. The highest BCUT2D eigenvalue weighted by molar-refractivity contribution is 7.90. The molecule has 0 aromatic heterocycles. The minimum absolute atomic E-state index is 0.0656. The number of nitrogens with zero attached hydrogens (tertiary/aromatic N) is 2. The number of esters is 1. The number of ether oxygens (including phenoxy) is 1. The maximum absolute atomic E-state index is 11.7. The first-order chi connectivity index (χ1) is 8.54. The molecule has 1 heterocycles. The number of rotatable bonds is 3. The maximum Gasteiger partial charge on any atom is 0.325 e. The Morgan fingerprint density at radius 3 is 2.83 bits per heavy atom. The van der Waals surface area contributed by atoms with Crippen LogP contribution >= 0.6 is 0 Å². The molecule has 0 saturated carbocycles. The van der Waals surface area contributed by atoms with Crippen LogP contribution in [0, 0.1) is 0 Å². The van der Waals surface area contributed by atoms with Gasteiger partial charge in [0.2, 0.25) is 0 Å². The van der Waals surface area contributed by atoms with Gasteiger partial charge in [0.05, 0.1) is 12.3 Å². The summed E-state index contributed by atoms with van der Waals surface area (Å²) in [6.45, 7) is 1.92. The van der Waals surface area contributed by atoms with E-state index in [-0.39, 0.29) is 18.0 Å². The second-order valence-electron chi connectivity index (χ2n) is 3.60. The molecule has 18 heavy (non-hydrogen) atoms. The van der Waals surface area contributed by atoms with Crippen molar-refractivity contribution in [1.29, 1.82) is 0 Å². The van der Waals surface area contributed by atoms with E-state index in [1.54, 1.807) is 25.1 Å². The van der Waals surface area contributed by atoms with Gasteiger partial charge in [-0.1, -0.05) is 12.1 Å². The second-order valence-corrected chi connectivity index (χ2v) is 5.20. The molecule has 0 aliphatic carbocycles. The van der Waals surface area contributed by atoms with Gasteiger partial charge in [-0.25, -0.2) is 0 Å². The highest BCUT2D eigenvalue weighted by Gasteiger charge is 2.25. The summed E-state index contributed by atoms with van der Waals surface area (Å²) in [5.74, 6) is -0.432. The van der Waals surface area contributed by atoms with E-state index in [1.165, 1.54) is 11.0 Å². The lowest BCUT2D eigenvalue weighted by atomic mass is 10.3.